The van der Waals surface area contributed by atoms with E-state index in [1.165, 1.54) is 6.07 Å². The van der Waals surface area contributed by atoms with E-state index in [0.717, 1.165) is 23.9 Å². The van der Waals surface area contributed by atoms with E-state index in [0.29, 0.717) is 5.75 Å². The zero-order valence-electron chi connectivity index (χ0n) is 9.59. The first kappa shape index (κ1) is 13.5. The van der Waals surface area contributed by atoms with Gasteiger partial charge in [0.15, 0.2) is 11.6 Å². The van der Waals surface area contributed by atoms with E-state index in [4.69, 9.17) is 4.74 Å². The Morgan fingerprint density at radius 3 is 2.88 bits per heavy atom. The Labute approximate surface area is 104 Å². The van der Waals surface area contributed by atoms with Crippen LogP contribution in [-0.4, -0.2) is 19.7 Å². The Bertz CT molecular complexity index is 333. The standard InChI is InChI=1S/C12H17BrFNO/c1-9(4-3-7-15-2)16-12-6-5-10(13)8-11(12)14/h5-6,8-9,15H,3-4,7H2,1-2H3. The van der Waals surface area contributed by atoms with Crippen molar-refractivity contribution >= 4 is 15.9 Å². The van der Waals surface area contributed by atoms with E-state index in [1.54, 1.807) is 12.1 Å². The lowest BCUT2D eigenvalue weighted by Gasteiger charge is -2.15. The van der Waals surface area contributed by atoms with Crippen LogP contribution in [0.25, 0.3) is 0 Å². The number of nitrogens with one attached hydrogen (secondary N) is 1. The average Bonchev–Trinajstić information content (AvgIpc) is 2.23. The first-order chi connectivity index (χ1) is 7.63. The van der Waals surface area contributed by atoms with Gasteiger partial charge in [-0.15, -0.1) is 0 Å². The van der Waals surface area contributed by atoms with Crippen molar-refractivity contribution < 1.29 is 9.13 Å². The topological polar surface area (TPSA) is 21.3 Å². The highest BCUT2D eigenvalue weighted by atomic mass is 79.9. The number of hydrogen-bond donors (Lipinski definition) is 1. The predicted octanol–water partition coefficient (Wildman–Crippen LogP) is 3.36. The molecule has 0 saturated heterocycles. The summed E-state index contributed by atoms with van der Waals surface area (Å²) in [5.74, 6) is -0.00463. The fraction of sp³-hybridized carbons (Fsp3) is 0.500. The summed E-state index contributed by atoms with van der Waals surface area (Å²) in [5.41, 5.74) is 0. The maximum absolute atomic E-state index is 13.4. The monoisotopic (exact) mass is 289 g/mol. The first-order valence-electron chi connectivity index (χ1n) is 5.39. The van der Waals surface area contributed by atoms with Crippen molar-refractivity contribution in [1.82, 2.24) is 5.32 Å². The number of ether oxygens (including phenoxy) is 1. The molecule has 1 unspecified atom stereocenters. The van der Waals surface area contributed by atoms with Crippen LogP contribution in [-0.2, 0) is 0 Å². The molecular weight excluding hydrogens is 273 g/mol. The lowest BCUT2D eigenvalue weighted by Crippen LogP contribution is -2.16. The summed E-state index contributed by atoms with van der Waals surface area (Å²) in [6.07, 6.45) is 1.97. The van der Waals surface area contributed by atoms with Crippen LogP contribution in [0.2, 0.25) is 0 Å². The van der Waals surface area contributed by atoms with E-state index in [-0.39, 0.29) is 11.9 Å². The van der Waals surface area contributed by atoms with Crippen LogP contribution in [0.4, 0.5) is 4.39 Å². The lowest BCUT2D eigenvalue weighted by molar-refractivity contribution is 0.199. The second-order valence-corrected chi connectivity index (χ2v) is 4.66. The summed E-state index contributed by atoms with van der Waals surface area (Å²) < 4.78 is 19.7. The van der Waals surface area contributed by atoms with E-state index in [2.05, 4.69) is 21.2 Å². The van der Waals surface area contributed by atoms with E-state index >= 15 is 0 Å². The fourth-order valence-electron chi connectivity index (χ4n) is 1.41. The molecule has 1 atom stereocenters. The summed E-state index contributed by atoms with van der Waals surface area (Å²) in [4.78, 5) is 0. The molecule has 0 aromatic heterocycles. The van der Waals surface area contributed by atoms with Crippen LogP contribution in [0.1, 0.15) is 19.8 Å². The van der Waals surface area contributed by atoms with Gasteiger partial charge in [0.05, 0.1) is 6.10 Å². The lowest BCUT2D eigenvalue weighted by atomic mass is 10.2. The molecule has 0 aliphatic heterocycles. The average molecular weight is 290 g/mol. The van der Waals surface area contributed by atoms with Gasteiger partial charge in [-0.05, 0) is 51.6 Å². The van der Waals surface area contributed by atoms with Crippen LogP contribution >= 0.6 is 15.9 Å². The van der Waals surface area contributed by atoms with Gasteiger partial charge in [-0.2, -0.15) is 0 Å². The van der Waals surface area contributed by atoms with Crippen molar-refractivity contribution in [3.05, 3.63) is 28.5 Å². The molecule has 0 amide bonds. The molecule has 0 fully saturated rings. The molecular formula is C12H17BrFNO. The van der Waals surface area contributed by atoms with Gasteiger partial charge in [0.25, 0.3) is 0 Å². The molecule has 1 aromatic rings. The minimum atomic E-state index is -0.324. The van der Waals surface area contributed by atoms with Gasteiger partial charge >= 0.3 is 0 Å². The number of benzene rings is 1. The van der Waals surface area contributed by atoms with Crippen LogP contribution < -0.4 is 10.1 Å². The quantitative estimate of drug-likeness (QED) is 0.811. The molecule has 0 heterocycles. The molecule has 1 aromatic carbocycles. The minimum absolute atomic E-state index is 0.0315. The molecule has 0 aliphatic carbocycles. The van der Waals surface area contributed by atoms with Crippen molar-refractivity contribution in [2.45, 2.75) is 25.9 Å². The Morgan fingerprint density at radius 1 is 1.50 bits per heavy atom. The molecule has 16 heavy (non-hydrogen) atoms. The maximum atomic E-state index is 13.4. The van der Waals surface area contributed by atoms with Crippen LogP contribution in [0, 0.1) is 5.82 Å². The normalized spacial score (nSPS) is 12.5. The predicted molar refractivity (Wildman–Crippen MR) is 67.4 cm³/mol. The Morgan fingerprint density at radius 2 is 2.25 bits per heavy atom. The zero-order valence-corrected chi connectivity index (χ0v) is 11.2. The molecule has 0 bridgehead atoms. The summed E-state index contributed by atoms with van der Waals surface area (Å²) in [6.45, 7) is 2.91. The molecule has 4 heteroatoms. The summed E-state index contributed by atoms with van der Waals surface area (Å²) >= 11 is 3.21. The fourth-order valence-corrected chi connectivity index (χ4v) is 1.75. The molecule has 0 aliphatic rings. The van der Waals surface area contributed by atoms with Crippen molar-refractivity contribution in [2.24, 2.45) is 0 Å². The van der Waals surface area contributed by atoms with Crippen LogP contribution in [0.15, 0.2) is 22.7 Å². The van der Waals surface area contributed by atoms with Crippen molar-refractivity contribution in [3.8, 4) is 5.75 Å². The first-order valence-corrected chi connectivity index (χ1v) is 6.19. The third-order valence-electron chi connectivity index (χ3n) is 2.26. The van der Waals surface area contributed by atoms with Crippen molar-refractivity contribution in [2.75, 3.05) is 13.6 Å². The van der Waals surface area contributed by atoms with Gasteiger partial charge in [-0.1, -0.05) is 15.9 Å². The molecule has 1 rings (SSSR count). The zero-order chi connectivity index (χ0) is 12.0. The van der Waals surface area contributed by atoms with E-state index < -0.39 is 0 Å². The highest BCUT2D eigenvalue weighted by molar-refractivity contribution is 9.10. The third-order valence-corrected chi connectivity index (χ3v) is 2.75. The van der Waals surface area contributed by atoms with Gasteiger partial charge in [-0.25, -0.2) is 4.39 Å². The van der Waals surface area contributed by atoms with Gasteiger partial charge in [0.1, 0.15) is 0 Å². The Kier molecular flexibility index (Phi) is 5.77. The Hall–Kier alpha value is -0.610. The van der Waals surface area contributed by atoms with Crippen molar-refractivity contribution in [1.29, 1.82) is 0 Å². The highest BCUT2D eigenvalue weighted by Crippen LogP contribution is 2.23. The molecule has 0 saturated carbocycles. The van der Waals surface area contributed by atoms with Gasteiger partial charge in [-0.3, -0.25) is 0 Å². The van der Waals surface area contributed by atoms with Crippen LogP contribution in [0.3, 0.4) is 0 Å². The second kappa shape index (κ2) is 6.86. The van der Waals surface area contributed by atoms with Crippen molar-refractivity contribution in [3.63, 3.8) is 0 Å². The molecule has 0 radical (unpaired) electrons. The molecule has 1 N–H and O–H groups in total. The Balaban J connectivity index is 2.46. The van der Waals surface area contributed by atoms with E-state index in [1.807, 2.05) is 14.0 Å². The summed E-state index contributed by atoms with van der Waals surface area (Å²) in [5, 5.41) is 3.07. The molecule has 90 valence electrons. The van der Waals surface area contributed by atoms with Gasteiger partial charge in [0.2, 0.25) is 0 Å². The maximum Gasteiger partial charge on any atom is 0.166 e. The SMILES string of the molecule is CNCCCC(C)Oc1ccc(Br)cc1F. The third kappa shape index (κ3) is 4.49. The smallest absolute Gasteiger partial charge is 0.166 e. The van der Waals surface area contributed by atoms with E-state index in [9.17, 15) is 4.39 Å². The van der Waals surface area contributed by atoms with Crippen LogP contribution in [0.5, 0.6) is 5.75 Å². The number of hydrogen-bond acceptors (Lipinski definition) is 2. The second-order valence-electron chi connectivity index (χ2n) is 3.75. The summed E-state index contributed by atoms with van der Waals surface area (Å²) in [7, 11) is 1.92. The minimum Gasteiger partial charge on any atom is -0.488 e. The van der Waals surface area contributed by atoms with Gasteiger partial charge < -0.3 is 10.1 Å². The van der Waals surface area contributed by atoms with Gasteiger partial charge in [0, 0.05) is 4.47 Å². The molecule has 0 spiro atoms. The number of rotatable bonds is 6. The molecule has 2 nitrogen and oxygen atoms in total. The largest absolute Gasteiger partial charge is 0.488 e. The number of halogens is 2. The summed E-state index contributed by atoms with van der Waals surface area (Å²) in [6, 6.07) is 4.84. The highest BCUT2D eigenvalue weighted by Gasteiger charge is 2.08.